The van der Waals surface area contributed by atoms with Crippen molar-refractivity contribution in [2.75, 3.05) is 23.9 Å². The Morgan fingerprint density at radius 3 is 2.41 bits per heavy atom. The third kappa shape index (κ3) is 3.85. The van der Waals surface area contributed by atoms with Gasteiger partial charge in [0.2, 0.25) is 0 Å². The number of aromatic nitrogens is 2. The van der Waals surface area contributed by atoms with E-state index in [2.05, 4.69) is 48.0 Å². The van der Waals surface area contributed by atoms with Crippen LogP contribution in [0.3, 0.4) is 0 Å². The van der Waals surface area contributed by atoms with Crippen molar-refractivity contribution in [3.63, 3.8) is 0 Å². The molecule has 0 fully saturated rings. The van der Waals surface area contributed by atoms with Gasteiger partial charge >= 0.3 is 0 Å². The molecule has 0 spiro atoms. The molecule has 0 aliphatic carbocycles. The maximum atomic E-state index is 5.43. The van der Waals surface area contributed by atoms with Gasteiger partial charge in [0, 0.05) is 25.6 Å². The lowest BCUT2D eigenvalue weighted by atomic mass is 10.2. The number of anilines is 2. The number of hydrogen-bond acceptors (Lipinski definition) is 5. The summed E-state index contributed by atoms with van der Waals surface area (Å²) in [7, 11) is 2.03. The second kappa shape index (κ2) is 5.82. The van der Waals surface area contributed by atoms with Crippen LogP contribution >= 0.6 is 0 Å². The number of nitrogens with two attached hydrogens (primary N) is 1. The van der Waals surface area contributed by atoms with Gasteiger partial charge < -0.3 is 10.3 Å². The van der Waals surface area contributed by atoms with Crippen LogP contribution in [0.2, 0.25) is 0 Å². The van der Waals surface area contributed by atoms with Crippen LogP contribution in [-0.2, 0) is 0 Å². The summed E-state index contributed by atoms with van der Waals surface area (Å²) in [6.07, 6.45) is 0. The van der Waals surface area contributed by atoms with Crippen molar-refractivity contribution in [1.29, 1.82) is 0 Å². The van der Waals surface area contributed by atoms with Crippen molar-refractivity contribution in [2.24, 2.45) is 11.8 Å². The van der Waals surface area contributed by atoms with E-state index in [-0.39, 0.29) is 5.92 Å². The zero-order valence-corrected chi connectivity index (χ0v) is 11.4. The Labute approximate surface area is 103 Å². The molecule has 5 heteroatoms. The first-order valence-electron chi connectivity index (χ1n) is 6.00. The molecule has 0 saturated heterocycles. The van der Waals surface area contributed by atoms with E-state index in [1.165, 1.54) is 0 Å². The summed E-state index contributed by atoms with van der Waals surface area (Å²) >= 11 is 0. The molecule has 0 aliphatic rings. The maximum Gasteiger partial charge on any atom is 0.145 e. The molecule has 5 nitrogen and oxygen atoms in total. The minimum absolute atomic E-state index is 0.287. The predicted molar refractivity (Wildman–Crippen MR) is 72.0 cm³/mol. The number of hydrazine groups is 1. The van der Waals surface area contributed by atoms with E-state index in [4.69, 9.17) is 5.84 Å². The quantitative estimate of drug-likeness (QED) is 0.605. The van der Waals surface area contributed by atoms with Gasteiger partial charge in [-0.2, -0.15) is 0 Å². The van der Waals surface area contributed by atoms with Crippen LogP contribution in [0.5, 0.6) is 0 Å². The highest BCUT2D eigenvalue weighted by Crippen LogP contribution is 2.19. The first-order valence-corrected chi connectivity index (χ1v) is 6.00. The second-order valence-electron chi connectivity index (χ2n) is 5.04. The van der Waals surface area contributed by atoms with E-state index in [9.17, 15) is 0 Å². The Hall–Kier alpha value is -1.36. The van der Waals surface area contributed by atoms with Crippen LogP contribution < -0.4 is 16.2 Å². The predicted octanol–water partition coefficient (Wildman–Crippen LogP) is 1.98. The molecule has 0 atom stereocenters. The highest BCUT2D eigenvalue weighted by Gasteiger charge is 2.11. The van der Waals surface area contributed by atoms with E-state index in [0.29, 0.717) is 11.7 Å². The van der Waals surface area contributed by atoms with E-state index in [1.807, 2.05) is 13.1 Å². The Balaban J connectivity index is 3.01. The molecule has 0 radical (unpaired) electrons. The fourth-order valence-corrected chi connectivity index (χ4v) is 1.62. The SMILES string of the molecule is CC(C)CN(C)c1cc(NN)nc(C(C)C)n1. The van der Waals surface area contributed by atoms with Gasteiger partial charge in [0.15, 0.2) is 0 Å². The van der Waals surface area contributed by atoms with Gasteiger partial charge in [-0.1, -0.05) is 27.7 Å². The summed E-state index contributed by atoms with van der Waals surface area (Å²) in [5.74, 6) is 8.69. The summed E-state index contributed by atoms with van der Waals surface area (Å²) in [5.41, 5.74) is 2.59. The number of nitrogen functional groups attached to an aromatic ring is 1. The number of nitrogens with one attached hydrogen (secondary N) is 1. The van der Waals surface area contributed by atoms with E-state index in [1.54, 1.807) is 0 Å². The molecular weight excluding hydrogens is 214 g/mol. The molecule has 0 bridgehead atoms. The molecule has 1 aromatic rings. The monoisotopic (exact) mass is 237 g/mol. The normalized spacial score (nSPS) is 11.1. The fourth-order valence-electron chi connectivity index (χ4n) is 1.62. The molecule has 0 aliphatic heterocycles. The molecular formula is C12H23N5. The van der Waals surface area contributed by atoms with Crippen LogP contribution in [0.1, 0.15) is 39.4 Å². The van der Waals surface area contributed by atoms with Crippen molar-refractivity contribution in [3.8, 4) is 0 Å². The molecule has 1 rings (SSSR count). The summed E-state index contributed by atoms with van der Waals surface area (Å²) in [4.78, 5) is 11.0. The molecule has 17 heavy (non-hydrogen) atoms. The Kier molecular flexibility index (Phi) is 4.69. The first kappa shape index (κ1) is 13.7. The van der Waals surface area contributed by atoms with E-state index in [0.717, 1.165) is 18.2 Å². The number of nitrogens with zero attached hydrogens (tertiary/aromatic N) is 3. The van der Waals surface area contributed by atoms with Gasteiger partial charge in [-0.25, -0.2) is 15.8 Å². The summed E-state index contributed by atoms with van der Waals surface area (Å²) in [6, 6.07) is 1.87. The molecule has 96 valence electrons. The fraction of sp³-hybridized carbons (Fsp3) is 0.667. The minimum Gasteiger partial charge on any atom is -0.359 e. The summed E-state index contributed by atoms with van der Waals surface area (Å²) < 4.78 is 0. The Bertz CT molecular complexity index is 362. The van der Waals surface area contributed by atoms with Gasteiger partial charge in [-0.05, 0) is 5.92 Å². The first-order chi connectivity index (χ1) is 7.93. The van der Waals surface area contributed by atoms with Crippen molar-refractivity contribution < 1.29 is 0 Å². The van der Waals surface area contributed by atoms with Gasteiger partial charge in [-0.15, -0.1) is 0 Å². The van der Waals surface area contributed by atoms with E-state index >= 15 is 0 Å². The van der Waals surface area contributed by atoms with Crippen LogP contribution in [0.15, 0.2) is 6.07 Å². The molecule has 0 saturated carbocycles. The highest BCUT2D eigenvalue weighted by atomic mass is 15.3. The van der Waals surface area contributed by atoms with Gasteiger partial charge in [-0.3, -0.25) is 0 Å². The molecule has 1 aromatic heterocycles. The van der Waals surface area contributed by atoms with Crippen LogP contribution in [0.4, 0.5) is 11.6 Å². The van der Waals surface area contributed by atoms with Crippen molar-refractivity contribution in [1.82, 2.24) is 9.97 Å². The lowest BCUT2D eigenvalue weighted by Gasteiger charge is -2.21. The average Bonchev–Trinajstić information content (AvgIpc) is 2.27. The van der Waals surface area contributed by atoms with Crippen LogP contribution in [-0.4, -0.2) is 23.6 Å². The van der Waals surface area contributed by atoms with Crippen molar-refractivity contribution in [2.45, 2.75) is 33.6 Å². The average molecular weight is 237 g/mol. The van der Waals surface area contributed by atoms with Gasteiger partial charge in [0.25, 0.3) is 0 Å². The zero-order chi connectivity index (χ0) is 13.0. The van der Waals surface area contributed by atoms with Crippen molar-refractivity contribution in [3.05, 3.63) is 11.9 Å². The number of hydrogen-bond donors (Lipinski definition) is 2. The zero-order valence-electron chi connectivity index (χ0n) is 11.4. The number of rotatable bonds is 5. The smallest absolute Gasteiger partial charge is 0.145 e. The second-order valence-corrected chi connectivity index (χ2v) is 5.04. The molecule has 3 N–H and O–H groups in total. The van der Waals surface area contributed by atoms with Crippen LogP contribution in [0, 0.1) is 5.92 Å². The largest absolute Gasteiger partial charge is 0.359 e. The standard InChI is InChI=1S/C12H23N5/c1-8(2)7-17(5)11-6-10(16-13)14-12(15-11)9(3)4/h6,8-9H,7,13H2,1-5H3,(H,14,15,16). The maximum absolute atomic E-state index is 5.43. The third-order valence-electron chi connectivity index (χ3n) is 2.42. The summed E-state index contributed by atoms with van der Waals surface area (Å²) in [5, 5.41) is 0. The van der Waals surface area contributed by atoms with Gasteiger partial charge in [0.05, 0.1) is 0 Å². The van der Waals surface area contributed by atoms with Crippen LogP contribution in [0.25, 0.3) is 0 Å². The Morgan fingerprint density at radius 2 is 1.94 bits per heavy atom. The molecule has 0 unspecified atom stereocenters. The highest BCUT2D eigenvalue weighted by molar-refractivity contribution is 5.48. The van der Waals surface area contributed by atoms with Gasteiger partial charge in [0.1, 0.15) is 17.5 Å². The lowest BCUT2D eigenvalue weighted by molar-refractivity contribution is 0.631. The lowest BCUT2D eigenvalue weighted by Crippen LogP contribution is -2.24. The minimum atomic E-state index is 0.287. The Morgan fingerprint density at radius 1 is 1.29 bits per heavy atom. The summed E-state index contributed by atoms with van der Waals surface area (Å²) in [6.45, 7) is 9.47. The van der Waals surface area contributed by atoms with Crippen molar-refractivity contribution >= 4 is 11.6 Å². The molecule has 1 heterocycles. The molecule has 0 aromatic carbocycles. The third-order valence-corrected chi connectivity index (χ3v) is 2.42. The molecule has 0 amide bonds. The topological polar surface area (TPSA) is 67.1 Å². The van der Waals surface area contributed by atoms with E-state index < -0.39 is 0 Å².